The topological polar surface area (TPSA) is 83.7 Å². The largest absolute Gasteiger partial charge is 0.454 e. The van der Waals surface area contributed by atoms with Crippen LogP contribution in [0.2, 0.25) is 0 Å². The standard InChI is InChI=1S/C34H33N3O4/c38-31(17-12-22-10-13-23(14-11-22)34(39)35-25-6-2-1-3-7-25)37-19-18-27-26-8-4-5-9-28(26)36-32(27)33(37)24-15-16-29-30(20-24)41-21-40-29/h4-5,8-17,20,25,33,36H,1-3,6-7,18-19,21H2,(H,35,39)/b17-12+. The molecule has 3 aliphatic rings. The second-order valence-electron chi connectivity index (χ2n) is 11.1. The molecular weight excluding hydrogens is 514 g/mol. The van der Waals surface area contributed by atoms with Crippen molar-refractivity contribution in [3.8, 4) is 11.5 Å². The average Bonchev–Trinajstić information content (AvgIpc) is 3.64. The van der Waals surface area contributed by atoms with E-state index in [0.29, 0.717) is 17.9 Å². The normalized spacial score (nSPS) is 18.5. The van der Waals surface area contributed by atoms with Gasteiger partial charge >= 0.3 is 0 Å². The molecule has 3 aromatic carbocycles. The number of benzene rings is 3. The van der Waals surface area contributed by atoms with Crippen LogP contribution in [-0.2, 0) is 11.2 Å². The molecule has 2 aliphatic heterocycles. The molecule has 7 heteroatoms. The van der Waals surface area contributed by atoms with Crippen molar-refractivity contribution < 1.29 is 19.1 Å². The SMILES string of the molecule is O=C(NC1CCCCC1)c1ccc(/C=C/C(=O)N2CCc3c([nH]c4ccccc34)C2c2ccc3c(c2)OCO3)cc1. The molecule has 1 aliphatic carbocycles. The third kappa shape index (κ3) is 4.97. The molecule has 1 aromatic heterocycles. The van der Waals surface area contributed by atoms with Crippen molar-refractivity contribution in [1.29, 1.82) is 0 Å². The van der Waals surface area contributed by atoms with Crippen molar-refractivity contribution in [2.24, 2.45) is 0 Å². The van der Waals surface area contributed by atoms with Gasteiger partial charge in [-0.25, -0.2) is 0 Å². The Morgan fingerprint density at radius 2 is 1.73 bits per heavy atom. The molecule has 208 valence electrons. The zero-order chi connectivity index (χ0) is 27.8. The van der Waals surface area contributed by atoms with Gasteiger partial charge in [-0.05, 0) is 72.4 Å². The molecule has 7 nitrogen and oxygen atoms in total. The van der Waals surface area contributed by atoms with Crippen LogP contribution in [0.5, 0.6) is 11.5 Å². The van der Waals surface area contributed by atoms with Gasteiger partial charge in [-0.1, -0.05) is 55.7 Å². The Morgan fingerprint density at radius 1 is 0.927 bits per heavy atom. The highest BCUT2D eigenvalue weighted by Crippen LogP contribution is 2.42. The third-order valence-electron chi connectivity index (χ3n) is 8.56. The summed E-state index contributed by atoms with van der Waals surface area (Å²) < 4.78 is 11.2. The minimum absolute atomic E-state index is 0.0301. The summed E-state index contributed by atoms with van der Waals surface area (Å²) in [5, 5.41) is 4.36. The smallest absolute Gasteiger partial charge is 0.251 e. The quantitative estimate of drug-likeness (QED) is 0.294. The van der Waals surface area contributed by atoms with E-state index in [1.54, 1.807) is 6.08 Å². The van der Waals surface area contributed by atoms with Gasteiger partial charge in [0.15, 0.2) is 11.5 Å². The molecule has 3 heterocycles. The summed E-state index contributed by atoms with van der Waals surface area (Å²) in [6.07, 6.45) is 9.94. The number of fused-ring (bicyclic) bond motifs is 4. The summed E-state index contributed by atoms with van der Waals surface area (Å²) in [6, 6.07) is 21.6. The molecular formula is C34H33N3O4. The molecule has 0 spiro atoms. The Balaban J connectivity index is 1.13. The zero-order valence-electron chi connectivity index (χ0n) is 22.9. The molecule has 0 radical (unpaired) electrons. The Bertz CT molecular complexity index is 1630. The molecule has 7 rings (SSSR count). The molecule has 1 atom stereocenters. The summed E-state index contributed by atoms with van der Waals surface area (Å²) in [5.74, 6) is 1.31. The number of carbonyl (C=O) groups is 2. The lowest BCUT2D eigenvalue weighted by Crippen LogP contribution is -2.39. The minimum Gasteiger partial charge on any atom is -0.454 e. The molecule has 0 saturated heterocycles. The van der Waals surface area contributed by atoms with E-state index in [4.69, 9.17) is 9.47 Å². The van der Waals surface area contributed by atoms with Gasteiger partial charge in [0.25, 0.3) is 5.91 Å². The van der Waals surface area contributed by atoms with E-state index in [1.807, 2.05) is 59.5 Å². The first-order valence-corrected chi connectivity index (χ1v) is 14.5. The third-order valence-corrected chi connectivity index (χ3v) is 8.56. The van der Waals surface area contributed by atoms with Crippen LogP contribution in [0.15, 0.2) is 72.8 Å². The van der Waals surface area contributed by atoms with Crippen LogP contribution in [-0.4, -0.2) is 41.1 Å². The van der Waals surface area contributed by atoms with E-state index in [9.17, 15) is 9.59 Å². The van der Waals surface area contributed by atoms with E-state index >= 15 is 0 Å². The van der Waals surface area contributed by atoms with Crippen LogP contribution in [0.4, 0.5) is 0 Å². The van der Waals surface area contributed by atoms with Crippen LogP contribution in [0.1, 0.15) is 70.9 Å². The molecule has 1 fully saturated rings. The van der Waals surface area contributed by atoms with Gasteiger partial charge in [-0.3, -0.25) is 9.59 Å². The number of rotatable bonds is 5. The summed E-state index contributed by atoms with van der Waals surface area (Å²) in [7, 11) is 0. The number of hydrogen-bond acceptors (Lipinski definition) is 4. The maximum Gasteiger partial charge on any atom is 0.251 e. The Kier molecular flexibility index (Phi) is 6.71. The number of para-hydroxylation sites is 1. The van der Waals surface area contributed by atoms with Crippen LogP contribution in [0.3, 0.4) is 0 Å². The van der Waals surface area contributed by atoms with Crippen LogP contribution in [0.25, 0.3) is 17.0 Å². The van der Waals surface area contributed by atoms with Crippen molar-refractivity contribution in [2.45, 2.75) is 50.6 Å². The first kappa shape index (κ1) is 25.4. The van der Waals surface area contributed by atoms with Crippen LogP contribution >= 0.6 is 0 Å². The van der Waals surface area contributed by atoms with Gasteiger partial charge in [0.1, 0.15) is 0 Å². The van der Waals surface area contributed by atoms with Gasteiger partial charge in [-0.2, -0.15) is 0 Å². The van der Waals surface area contributed by atoms with Crippen LogP contribution in [0, 0.1) is 0 Å². The number of amides is 2. The first-order chi connectivity index (χ1) is 20.1. The van der Waals surface area contributed by atoms with Crippen molar-refractivity contribution in [3.63, 3.8) is 0 Å². The first-order valence-electron chi connectivity index (χ1n) is 14.5. The number of aromatic amines is 1. The molecule has 1 unspecified atom stereocenters. The number of hydrogen-bond donors (Lipinski definition) is 2. The molecule has 1 saturated carbocycles. The second kappa shape index (κ2) is 10.8. The van der Waals surface area contributed by atoms with Crippen molar-refractivity contribution >= 4 is 28.8 Å². The van der Waals surface area contributed by atoms with Crippen molar-refractivity contribution in [1.82, 2.24) is 15.2 Å². The molecule has 41 heavy (non-hydrogen) atoms. The van der Waals surface area contributed by atoms with Crippen LogP contribution < -0.4 is 14.8 Å². The van der Waals surface area contributed by atoms with E-state index in [2.05, 4.69) is 28.5 Å². The van der Waals surface area contributed by atoms with Gasteiger partial charge in [0.2, 0.25) is 12.7 Å². The van der Waals surface area contributed by atoms with E-state index in [1.165, 1.54) is 30.2 Å². The zero-order valence-corrected chi connectivity index (χ0v) is 22.9. The maximum absolute atomic E-state index is 13.7. The number of aromatic nitrogens is 1. The fourth-order valence-electron chi connectivity index (χ4n) is 6.43. The predicted molar refractivity (Wildman–Crippen MR) is 158 cm³/mol. The Morgan fingerprint density at radius 3 is 2.59 bits per heavy atom. The average molecular weight is 548 g/mol. The number of H-pyrrole nitrogens is 1. The highest BCUT2D eigenvalue weighted by Gasteiger charge is 2.34. The van der Waals surface area contributed by atoms with Gasteiger partial charge < -0.3 is 24.7 Å². The van der Waals surface area contributed by atoms with E-state index in [-0.39, 0.29) is 30.7 Å². The summed E-state index contributed by atoms with van der Waals surface area (Å²) in [5.41, 5.74) is 5.84. The van der Waals surface area contributed by atoms with Gasteiger partial charge in [0, 0.05) is 40.8 Å². The molecule has 4 aromatic rings. The molecule has 2 amide bonds. The lowest BCUT2D eigenvalue weighted by atomic mass is 9.92. The summed E-state index contributed by atoms with van der Waals surface area (Å²) >= 11 is 0. The number of ether oxygens (including phenoxy) is 2. The monoisotopic (exact) mass is 547 g/mol. The highest BCUT2D eigenvalue weighted by atomic mass is 16.7. The minimum atomic E-state index is -0.288. The van der Waals surface area contributed by atoms with Gasteiger partial charge in [-0.15, -0.1) is 0 Å². The fraction of sp³-hybridized carbons (Fsp3) is 0.294. The van der Waals surface area contributed by atoms with E-state index in [0.717, 1.165) is 47.3 Å². The fourth-order valence-corrected chi connectivity index (χ4v) is 6.43. The number of nitrogens with one attached hydrogen (secondary N) is 2. The van der Waals surface area contributed by atoms with Gasteiger partial charge in [0.05, 0.1) is 6.04 Å². The predicted octanol–water partition coefficient (Wildman–Crippen LogP) is 6.15. The highest BCUT2D eigenvalue weighted by molar-refractivity contribution is 5.95. The lowest BCUT2D eigenvalue weighted by Gasteiger charge is -2.35. The van der Waals surface area contributed by atoms with Crippen molar-refractivity contribution in [2.75, 3.05) is 13.3 Å². The number of carbonyl (C=O) groups excluding carboxylic acids is 2. The maximum atomic E-state index is 13.7. The Labute approximate surface area is 239 Å². The summed E-state index contributed by atoms with van der Waals surface area (Å²) in [4.78, 5) is 31.9. The Hall–Kier alpha value is -4.52. The summed E-state index contributed by atoms with van der Waals surface area (Å²) in [6.45, 7) is 0.797. The number of nitrogens with zero attached hydrogens (tertiary/aromatic N) is 1. The second-order valence-corrected chi connectivity index (χ2v) is 11.1. The molecule has 2 N–H and O–H groups in total. The molecule has 0 bridgehead atoms. The van der Waals surface area contributed by atoms with E-state index < -0.39 is 0 Å². The lowest BCUT2D eigenvalue weighted by molar-refractivity contribution is -0.128. The van der Waals surface area contributed by atoms with Crippen molar-refractivity contribution in [3.05, 3.63) is 101 Å².